The Hall–Kier alpha value is -2.86. The molecule has 0 saturated carbocycles. The van der Waals surface area contributed by atoms with E-state index in [4.69, 9.17) is 16.3 Å². The molecule has 0 aliphatic carbocycles. The average Bonchev–Trinajstić information content (AvgIpc) is 2.59. The average molecular weight is 345 g/mol. The standard InChI is InChI=1S/C17H13ClN2O4/c18-12-7-5-11(6-8-12)10-24-15(21)9-20-17(23)14-4-2-1-3-13(14)16(22)19-20/h1-8H,9-10H2,(H,19,22). The van der Waals surface area contributed by atoms with Crippen LogP contribution in [0, 0.1) is 0 Å². The SMILES string of the molecule is O=C(Cn1[nH]c(=O)c2ccccc2c1=O)OCc1ccc(Cl)cc1. The molecular weight excluding hydrogens is 332 g/mol. The Balaban J connectivity index is 1.76. The van der Waals surface area contributed by atoms with Gasteiger partial charge in [-0.25, -0.2) is 4.68 Å². The van der Waals surface area contributed by atoms with Crippen LogP contribution >= 0.6 is 11.6 Å². The van der Waals surface area contributed by atoms with Crippen molar-refractivity contribution in [2.24, 2.45) is 0 Å². The predicted molar refractivity (Wildman–Crippen MR) is 90.1 cm³/mol. The third kappa shape index (κ3) is 3.38. The summed E-state index contributed by atoms with van der Waals surface area (Å²) in [5.74, 6) is -0.627. The number of H-pyrrole nitrogens is 1. The third-order valence-corrected chi connectivity index (χ3v) is 3.74. The van der Waals surface area contributed by atoms with Crippen molar-refractivity contribution in [3.05, 3.63) is 79.8 Å². The van der Waals surface area contributed by atoms with Crippen molar-refractivity contribution in [3.63, 3.8) is 0 Å². The molecule has 1 heterocycles. The molecule has 0 unspecified atom stereocenters. The highest BCUT2D eigenvalue weighted by Gasteiger charge is 2.11. The largest absolute Gasteiger partial charge is 0.459 e. The van der Waals surface area contributed by atoms with Crippen LogP contribution in [0.25, 0.3) is 10.8 Å². The summed E-state index contributed by atoms with van der Waals surface area (Å²) in [6, 6.07) is 13.3. The molecule has 0 bridgehead atoms. The molecule has 0 aliphatic rings. The van der Waals surface area contributed by atoms with E-state index in [0.29, 0.717) is 5.02 Å². The molecule has 122 valence electrons. The Morgan fingerprint density at radius 3 is 2.42 bits per heavy atom. The van der Waals surface area contributed by atoms with Crippen molar-refractivity contribution in [1.82, 2.24) is 9.78 Å². The van der Waals surface area contributed by atoms with E-state index in [-0.39, 0.29) is 23.9 Å². The Morgan fingerprint density at radius 2 is 1.71 bits per heavy atom. The van der Waals surface area contributed by atoms with E-state index in [1.165, 1.54) is 0 Å². The highest BCUT2D eigenvalue weighted by Crippen LogP contribution is 2.10. The molecule has 1 aromatic heterocycles. The number of carbonyl (C=O) groups is 1. The normalized spacial score (nSPS) is 10.7. The van der Waals surface area contributed by atoms with Gasteiger partial charge < -0.3 is 4.74 Å². The van der Waals surface area contributed by atoms with E-state index < -0.39 is 17.1 Å². The maximum absolute atomic E-state index is 12.3. The Bertz CT molecular complexity index is 1010. The van der Waals surface area contributed by atoms with Gasteiger partial charge in [0.1, 0.15) is 13.2 Å². The van der Waals surface area contributed by atoms with Crippen LogP contribution in [-0.2, 0) is 22.7 Å². The number of fused-ring (bicyclic) bond motifs is 1. The molecule has 3 aromatic rings. The molecular formula is C17H13ClN2O4. The molecule has 0 spiro atoms. The molecule has 7 heteroatoms. The zero-order chi connectivity index (χ0) is 17.1. The van der Waals surface area contributed by atoms with Crippen molar-refractivity contribution < 1.29 is 9.53 Å². The van der Waals surface area contributed by atoms with Crippen LogP contribution in [0.15, 0.2) is 58.1 Å². The van der Waals surface area contributed by atoms with Gasteiger partial charge in [-0.1, -0.05) is 35.9 Å². The molecule has 0 atom stereocenters. The number of benzene rings is 2. The van der Waals surface area contributed by atoms with E-state index >= 15 is 0 Å². The second-order valence-corrected chi connectivity index (χ2v) is 5.60. The molecule has 3 rings (SSSR count). The number of halogens is 1. The number of ether oxygens (including phenoxy) is 1. The summed E-state index contributed by atoms with van der Waals surface area (Å²) in [6.07, 6.45) is 0. The molecule has 2 aromatic carbocycles. The smallest absolute Gasteiger partial charge is 0.328 e. The first-order chi connectivity index (χ1) is 11.5. The lowest BCUT2D eigenvalue weighted by Gasteiger charge is -2.08. The van der Waals surface area contributed by atoms with Gasteiger partial charge in [0.05, 0.1) is 10.8 Å². The third-order valence-electron chi connectivity index (χ3n) is 3.48. The molecule has 0 aliphatic heterocycles. The number of hydrogen-bond acceptors (Lipinski definition) is 4. The van der Waals surface area contributed by atoms with Crippen LogP contribution < -0.4 is 11.1 Å². The summed E-state index contributed by atoms with van der Waals surface area (Å²) in [5.41, 5.74) is -0.114. The van der Waals surface area contributed by atoms with E-state index in [1.807, 2.05) is 0 Å². The van der Waals surface area contributed by atoms with E-state index in [2.05, 4.69) is 5.10 Å². The number of esters is 1. The van der Waals surface area contributed by atoms with Crippen molar-refractivity contribution in [2.45, 2.75) is 13.2 Å². The Labute approximate surface area is 141 Å². The van der Waals surface area contributed by atoms with Crippen LogP contribution in [0.5, 0.6) is 0 Å². The molecule has 0 amide bonds. The van der Waals surface area contributed by atoms with Crippen LogP contribution in [0.3, 0.4) is 0 Å². The van der Waals surface area contributed by atoms with E-state index in [1.54, 1.807) is 48.5 Å². The molecule has 6 nitrogen and oxygen atoms in total. The Kier molecular flexibility index (Phi) is 4.48. The summed E-state index contributed by atoms with van der Waals surface area (Å²) < 4.78 is 6.07. The maximum atomic E-state index is 12.3. The lowest BCUT2D eigenvalue weighted by Crippen LogP contribution is -2.32. The second-order valence-electron chi connectivity index (χ2n) is 5.16. The quantitative estimate of drug-likeness (QED) is 0.735. The first-order valence-electron chi connectivity index (χ1n) is 7.16. The first kappa shape index (κ1) is 16.0. The fourth-order valence-corrected chi connectivity index (χ4v) is 2.40. The predicted octanol–water partition coefficient (Wildman–Crippen LogP) is 2.09. The number of carbonyl (C=O) groups excluding carboxylic acids is 1. The highest BCUT2D eigenvalue weighted by atomic mass is 35.5. The zero-order valence-corrected chi connectivity index (χ0v) is 13.2. The minimum Gasteiger partial charge on any atom is -0.459 e. The number of nitrogens with one attached hydrogen (secondary N) is 1. The van der Waals surface area contributed by atoms with E-state index in [9.17, 15) is 14.4 Å². The first-order valence-corrected chi connectivity index (χ1v) is 7.54. The van der Waals surface area contributed by atoms with Crippen molar-refractivity contribution in [2.75, 3.05) is 0 Å². The van der Waals surface area contributed by atoms with Gasteiger partial charge in [0.2, 0.25) is 0 Å². The highest BCUT2D eigenvalue weighted by molar-refractivity contribution is 6.30. The number of aromatic nitrogens is 2. The van der Waals surface area contributed by atoms with Gasteiger partial charge in [-0.15, -0.1) is 0 Å². The van der Waals surface area contributed by atoms with Gasteiger partial charge in [0.25, 0.3) is 11.1 Å². The van der Waals surface area contributed by atoms with Crippen molar-refractivity contribution in [1.29, 1.82) is 0 Å². The number of nitrogens with zero attached hydrogens (tertiary/aromatic N) is 1. The maximum Gasteiger partial charge on any atom is 0.328 e. The second kappa shape index (κ2) is 6.72. The van der Waals surface area contributed by atoms with Gasteiger partial charge in [-0.2, -0.15) is 0 Å². The summed E-state index contributed by atoms with van der Waals surface area (Å²) >= 11 is 5.78. The summed E-state index contributed by atoms with van der Waals surface area (Å²) in [7, 11) is 0. The number of rotatable bonds is 4. The lowest BCUT2D eigenvalue weighted by molar-refractivity contribution is -0.146. The van der Waals surface area contributed by atoms with Gasteiger partial charge in [0.15, 0.2) is 0 Å². The fraction of sp³-hybridized carbons (Fsp3) is 0.118. The monoisotopic (exact) mass is 344 g/mol. The minimum absolute atomic E-state index is 0.0581. The number of aromatic amines is 1. The van der Waals surface area contributed by atoms with Crippen LogP contribution in [-0.4, -0.2) is 15.7 Å². The lowest BCUT2D eigenvalue weighted by atomic mass is 10.2. The zero-order valence-electron chi connectivity index (χ0n) is 12.5. The fourth-order valence-electron chi connectivity index (χ4n) is 2.28. The van der Waals surface area contributed by atoms with E-state index in [0.717, 1.165) is 10.2 Å². The van der Waals surface area contributed by atoms with Crippen LogP contribution in [0.2, 0.25) is 5.02 Å². The minimum atomic E-state index is -0.627. The van der Waals surface area contributed by atoms with Crippen LogP contribution in [0.4, 0.5) is 0 Å². The summed E-state index contributed by atoms with van der Waals surface area (Å²) in [4.78, 5) is 36.2. The summed E-state index contributed by atoms with van der Waals surface area (Å²) in [5, 5.41) is 3.52. The molecule has 1 N–H and O–H groups in total. The molecule has 0 saturated heterocycles. The Morgan fingerprint density at radius 1 is 1.04 bits per heavy atom. The molecule has 0 radical (unpaired) electrons. The van der Waals surface area contributed by atoms with Gasteiger partial charge in [-0.05, 0) is 29.8 Å². The van der Waals surface area contributed by atoms with Gasteiger partial charge in [0, 0.05) is 5.02 Å². The molecule has 24 heavy (non-hydrogen) atoms. The topological polar surface area (TPSA) is 81.2 Å². The summed E-state index contributed by atoms with van der Waals surface area (Å²) in [6.45, 7) is -0.310. The van der Waals surface area contributed by atoms with Crippen molar-refractivity contribution in [3.8, 4) is 0 Å². The number of hydrogen-bond donors (Lipinski definition) is 1. The van der Waals surface area contributed by atoms with Gasteiger partial charge in [-0.3, -0.25) is 19.5 Å². The van der Waals surface area contributed by atoms with Crippen LogP contribution in [0.1, 0.15) is 5.56 Å². The van der Waals surface area contributed by atoms with Crippen molar-refractivity contribution >= 4 is 28.3 Å². The molecule has 0 fully saturated rings. The van der Waals surface area contributed by atoms with Gasteiger partial charge >= 0.3 is 5.97 Å².